The number of anilines is 1. The van der Waals surface area contributed by atoms with Crippen molar-refractivity contribution in [2.24, 2.45) is 0 Å². The molecule has 0 saturated heterocycles. The molecule has 0 spiro atoms. The van der Waals surface area contributed by atoms with E-state index in [1.54, 1.807) is 37.3 Å². The lowest BCUT2D eigenvalue weighted by atomic mass is 10.0. The molecule has 2 aromatic carbocycles. The number of carboxylic acid groups (broad SMARTS) is 1. The molecular weight excluding hydrogens is 510 g/mol. The number of aromatic nitrogens is 1. The van der Waals surface area contributed by atoms with Crippen molar-refractivity contribution in [3.05, 3.63) is 85.8 Å². The maximum absolute atomic E-state index is 13.6. The van der Waals surface area contributed by atoms with Crippen molar-refractivity contribution in [2.75, 3.05) is 11.9 Å². The number of aromatic hydroxyl groups is 1. The van der Waals surface area contributed by atoms with E-state index in [4.69, 9.17) is 16.3 Å². The van der Waals surface area contributed by atoms with Gasteiger partial charge in [-0.15, -0.1) is 0 Å². The fourth-order valence-corrected chi connectivity index (χ4v) is 4.50. The van der Waals surface area contributed by atoms with Crippen LogP contribution in [0.4, 0.5) is 10.5 Å². The van der Waals surface area contributed by atoms with Crippen LogP contribution in [0.1, 0.15) is 54.3 Å². The second-order valence-electron chi connectivity index (χ2n) is 8.84. The topological polar surface area (TPSA) is 130 Å². The van der Waals surface area contributed by atoms with Gasteiger partial charge < -0.3 is 30.2 Å². The summed E-state index contributed by atoms with van der Waals surface area (Å²) in [6.07, 6.45) is 0.0214. The number of ether oxygens (including phenoxy) is 1. The predicted molar refractivity (Wildman–Crippen MR) is 147 cm³/mol. The van der Waals surface area contributed by atoms with Gasteiger partial charge in [-0.05, 0) is 44.9 Å². The minimum Gasteiger partial charge on any atom is -0.505 e. The van der Waals surface area contributed by atoms with Gasteiger partial charge in [0.2, 0.25) is 0 Å². The third-order valence-electron chi connectivity index (χ3n) is 6.27. The minimum atomic E-state index is -1.10. The van der Waals surface area contributed by atoms with Gasteiger partial charge in [-0.1, -0.05) is 54.4 Å². The number of rotatable bonds is 10. The summed E-state index contributed by atoms with van der Waals surface area (Å²) < 4.78 is 7.12. The van der Waals surface area contributed by atoms with E-state index in [2.05, 4.69) is 10.6 Å². The molecule has 0 radical (unpaired) electrons. The molecule has 0 bridgehead atoms. The summed E-state index contributed by atoms with van der Waals surface area (Å²) in [6, 6.07) is 10.6. The molecular formula is C28H32ClN3O6. The normalized spacial score (nSPS) is 11.6. The van der Waals surface area contributed by atoms with Gasteiger partial charge in [0.15, 0.2) is 5.69 Å². The smallest absolute Gasteiger partial charge is 0.319 e. The van der Waals surface area contributed by atoms with Gasteiger partial charge in [0, 0.05) is 21.8 Å². The summed E-state index contributed by atoms with van der Waals surface area (Å²) in [6.45, 7) is 7.72. The molecule has 10 heteroatoms. The van der Waals surface area contributed by atoms with E-state index in [-0.39, 0.29) is 24.4 Å². The molecule has 9 nitrogen and oxygen atoms in total. The monoisotopic (exact) mass is 541 g/mol. The maximum Gasteiger partial charge on any atom is 0.319 e. The molecule has 0 saturated carbocycles. The second kappa shape index (κ2) is 12.5. The number of nitrogens with one attached hydrogen (secondary N) is 2. The molecule has 1 heterocycles. The molecule has 0 aliphatic carbocycles. The maximum atomic E-state index is 13.6. The Morgan fingerprint density at radius 1 is 1.08 bits per heavy atom. The first-order valence-corrected chi connectivity index (χ1v) is 12.7. The van der Waals surface area contributed by atoms with Gasteiger partial charge >= 0.3 is 12.0 Å². The van der Waals surface area contributed by atoms with Gasteiger partial charge in [0.1, 0.15) is 11.5 Å². The molecule has 3 rings (SSSR count). The number of carbonyl (C=O) groups excluding carboxylic acids is 1. The molecule has 0 aliphatic rings. The molecule has 1 atom stereocenters. The third-order valence-corrected chi connectivity index (χ3v) is 6.63. The van der Waals surface area contributed by atoms with Gasteiger partial charge in [-0.25, -0.2) is 4.79 Å². The first-order chi connectivity index (χ1) is 18.1. The van der Waals surface area contributed by atoms with Gasteiger partial charge in [0.25, 0.3) is 5.56 Å². The van der Waals surface area contributed by atoms with Crippen molar-refractivity contribution in [2.45, 2.75) is 53.1 Å². The Morgan fingerprint density at radius 3 is 2.37 bits per heavy atom. The highest BCUT2D eigenvalue weighted by molar-refractivity contribution is 6.31. The molecule has 3 aromatic rings. The zero-order valence-electron chi connectivity index (χ0n) is 21.8. The first-order valence-electron chi connectivity index (χ1n) is 12.3. The summed E-state index contributed by atoms with van der Waals surface area (Å²) in [5.41, 5.74) is 2.21. The Balaban J connectivity index is 1.99. The Labute approximate surface area is 226 Å². The number of benzene rings is 2. The molecule has 0 unspecified atom stereocenters. The SMILES string of the molecule is CCOc1cccc(Cl)c1Cn1c(C)c(CC)c(O)c(NC(=O)N[C@@H](CC(=O)O)c2ccc(C)cc2)c1=O. The van der Waals surface area contributed by atoms with Crippen LogP contribution in [-0.2, 0) is 17.8 Å². The summed E-state index contributed by atoms with van der Waals surface area (Å²) in [5.74, 6) is -0.912. The van der Waals surface area contributed by atoms with Crippen LogP contribution in [0.2, 0.25) is 5.02 Å². The van der Waals surface area contributed by atoms with Crippen LogP contribution in [0.5, 0.6) is 11.5 Å². The second-order valence-corrected chi connectivity index (χ2v) is 9.25. The standard InChI is InChI=1S/C28H32ClN3O6/c1-5-19-17(4)32(15-20-21(29)8-7-9-23(20)38-6-2)27(36)25(26(19)35)31-28(37)30-22(14-24(33)34)18-12-10-16(3)11-13-18/h7-13,22,35H,5-6,14-15H2,1-4H3,(H,33,34)(H2,30,31,37)/t22-/m0/s1. The summed E-state index contributed by atoms with van der Waals surface area (Å²) in [7, 11) is 0. The Bertz CT molecular complexity index is 1380. The number of carbonyl (C=O) groups is 2. The van der Waals surface area contributed by atoms with Crippen LogP contribution in [0.3, 0.4) is 0 Å². The highest BCUT2D eigenvalue weighted by atomic mass is 35.5. The zero-order chi connectivity index (χ0) is 28.0. The molecule has 4 N–H and O–H groups in total. The number of amides is 2. The van der Waals surface area contributed by atoms with E-state index >= 15 is 0 Å². The molecule has 202 valence electrons. The largest absolute Gasteiger partial charge is 0.505 e. The lowest BCUT2D eigenvalue weighted by molar-refractivity contribution is -0.137. The van der Waals surface area contributed by atoms with Crippen LogP contribution in [-0.4, -0.2) is 33.4 Å². The van der Waals surface area contributed by atoms with Crippen molar-refractivity contribution in [3.63, 3.8) is 0 Å². The van der Waals surface area contributed by atoms with Crippen LogP contribution in [0.25, 0.3) is 0 Å². The van der Waals surface area contributed by atoms with Crippen molar-refractivity contribution in [1.29, 1.82) is 0 Å². The number of hydrogen-bond acceptors (Lipinski definition) is 5. The van der Waals surface area contributed by atoms with E-state index in [0.717, 1.165) is 5.56 Å². The Hall–Kier alpha value is -3.98. The highest BCUT2D eigenvalue weighted by Gasteiger charge is 2.24. The predicted octanol–water partition coefficient (Wildman–Crippen LogP) is 5.17. The first kappa shape index (κ1) is 28.6. The molecule has 1 aromatic heterocycles. The van der Waals surface area contributed by atoms with E-state index in [0.29, 0.717) is 46.2 Å². The van der Waals surface area contributed by atoms with Crippen molar-refractivity contribution in [3.8, 4) is 11.5 Å². The van der Waals surface area contributed by atoms with E-state index in [9.17, 15) is 24.6 Å². The van der Waals surface area contributed by atoms with Gasteiger partial charge in [0.05, 0.1) is 25.6 Å². The fourth-order valence-electron chi connectivity index (χ4n) is 4.27. The quantitative estimate of drug-likeness (QED) is 0.280. The van der Waals surface area contributed by atoms with E-state index in [1.807, 2.05) is 32.9 Å². The number of aryl methyl sites for hydroxylation is 1. The van der Waals surface area contributed by atoms with Crippen molar-refractivity contribution in [1.82, 2.24) is 9.88 Å². The molecule has 0 aliphatic heterocycles. The number of halogens is 1. The average molecular weight is 542 g/mol. The van der Waals surface area contributed by atoms with E-state index < -0.39 is 23.6 Å². The van der Waals surface area contributed by atoms with Crippen molar-refractivity contribution >= 4 is 29.3 Å². The van der Waals surface area contributed by atoms with Crippen LogP contribution in [0.15, 0.2) is 47.3 Å². The Kier molecular flexibility index (Phi) is 9.41. The summed E-state index contributed by atoms with van der Waals surface area (Å²) in [4.78, 5) is 38.0. The number of hydrogen-bond donors (Lipinski definition) is 4. The van der Waals surface area contributed by atoms with Gasteiger partial charge in [-0.3, -0.25) is 9.59 Å². The van der Waals surface area contributed by atoms with Gasteiger partial charge in [-0.2, -0.15) is 0 Å². The third kappa shape index (κ3) is 6.47. The number of carboxylic acids is 1. The van der Waals surface area contributed by atoms with Crippen LogP contribution < -0.4 is 20.9 Å². The lowest BCUT2D eigenvalue weighted by Gasteiger charge is -2.21. The summed E-state index contributed by atoms with van der Waals surface area (Å²) >= 11 is 6.44. The minimum absolute atomic E-state index is 0.0499. The highest BCUT2D eigenvalue weighted by Crippen LogP contribution is 2.31. The zero-order valence-corrected chi connectivity index (χ0v) is 22.6. The number of aliphatic carboxylic acids is 1. The fraction of sp³-hybridized carbons (Fsp3) is 0.321. The average Bonchev–Trinajstić information content (AvgIpc) is 2.86. The number of pyridine rings is 1. The molecule has 0 fully saturated rings. The number of urea groups is 1. The molecule has 38 heavy (non-hydrogen) atoms. The van der Waals surface area contributed by atoms with E-state index in [1.165, 1.54) is 4.57 Å². The van der Waals surface area contributed by atoms with Crippen LogP contribution >= 0.6 is 11.6 Å². The number of nitrogens with zero attached hydrogens (tertiary/aromatic N) is 1. The molecule has 2 amide bonds. The lowest BCUT2D eigenvalue weighted by Crippen LogP contribution is -2.37. The Morgan fingerprint density at radius 2 is 1.76 bits per heavy atom. The summed E-state index contributed by atoms with van der Waals surface area (Å²) in [5, 5.41) is 25.8. The van der Waals surface area contributed by atoms with Crippen LogP contribution in [0, 0.1) is 13.8 Å². The van der Waals surface area contributed by atoms with Crippen molar-refractivity contribution < 1.29 is 24.5 Å².